The molecule has 2 atom stereocenters. The standard InChI is InChI=1S/C21H40N2/c1-5-8-10-11-12-13-14-15-19(4)23-18-17-22-21(23)20(7-3)16-9-6-2/h17-20H,5-16H2,1-4H3. The SMILES string of the molecule is CCCCCCCCCC(C)n1ccnc1C(CC)CCCC. The first kappa shape index (κ1) is 20.3. The summed E-state index contributed by atoms with van der Waals surface area (Å²) in [6.07, 6.45) is 20.4. The summed E-state index contributed by atoms with van der Waals surface area (Å²) in [6, 6.07) is 0.596. The van der Waals surface area contributed by atoms with Crippen LogP contribution >= 0.6 is 0 Å². The van der Waals surface area contributed by atoms with Gasteiger partial charge in [0.2, 0.25) is 0 Å². The summed E-state index contributed by atoms with van der Waals surface area (Å²) in [5, 5.41) is 0. The van der Waals surface area contributed by atoms with Crippen molar-refractivity contribution in [2.45, 2.75) is 117 Å². The minimum atomic E-state index is 0.596. The van der Waals surface area contributed by atoms with Crippen LogP contribution < -0.4 is 0 Å². The molecule has 134 valence electrons. The molecule has 23 heavy (non-hydrogen) atoms. The van der Waals surface area contributed by atoms with Crippen molar-refractivity contribution in [2.75, 3.05) is 0 Å². The third-order valence-electron chi connectivity index (χ3n) is 5.16. The molecule has 0 aliphatic heterocycles. The first-order valence-corrected chi connectivity index (χ1v) is 10.3. The Morgan fingerprint density at radius 2 is 1.52 bits per heavy atom. The maximum Gasteiger partial charge on any atom is 0.111 e. The van der Waals surface area contributed by atoms with Gasteiger partial charge < -0.3 is 4.57 Å². The molecular weight excluding hydrogens is 280 g/mol. The number of imidazole rings is 1. The van der Waals surface area contributed by atoms with Crippen LogP contribution in [0, 0.1) is 0 Å². The van der Waals surface area contributed by atoms with Gasteiger partial charge in [-0.15, -0.1) is 0 Å². The molecule has 1 rings (SSSR count). The fourth-order valence-corrected chi connectivity index (χ4v) is 3.52. The lowest BCUT2D eigenvalue weighted by molar-refractivity contribution is 0.428. The summed E-state index contributed by atoms with van der Waals surface area (Å²) in [5.74, 6) is 1.97. The maximum absolute atomic E-state index is 4.70. The van der Waals surface area contributed by atoms with Crippen molar-refractivity contribution >= 4 is 0 Å². The molecular formula is C21H40N2. The van der Waals surface area contributed by atoms with Crippen LogP contribution in [0.2, 0.25) is 0 Å². The van der Waals surface area contributed by atoms with Gasteiger partial charge in [-0.1, -0.05) is 78.6 Å². The summed E-state index contributed by atoms with van der Waals surface area (Å²) in [4.78, 5) is 4.70. The Morgan fingerprint density at radius 1 is 0.870 bits per heavy atom. The van der Waals surface area contributed by atoms with Gasteiger partial charge >= 0.3 is 0 Å². The van der Waals surface area contributed by atoms with Crippen molar-refractivity contribution in [2.24, 2.45) is 0 Å². The lowest BCUT2D eigenvalue weighted by Crippen LogP contribution is -2.12. The molecule has 0 N–H and O–H groups in total. The maximum atomic E-state index is 4.70. The first-order valence-electron chi connectivity index (χ1n) is 10.3. The van der Waals surface area contributed by atoms with Crippen molar-refractivity contribution in [3.63, 3.8) is 0 Å². The molecule has 0 radical (unpaired) electrons. The van der Waals surface area contributed by atoms with E-state index in [4.69, 9.17) is 4.98 Å². The van der Waals surface area contributed by atoms with Gasteiger partial charge in [-0.05, 0) is 26.2 Å². The highest BCUT2D eigenvalue weighted by Crippen LogP contribution is 2.28. The smallest absolute Gasteiger partial charge is 0.111 e. The molecule has 0 aliphatic carbocycles. The summed E-state index contributed by atoms with van der Waals surface area (Å²) in [6.45, 7) is 9.24. The fourth-order valence-electron chi connectivity index (χ4n) is 3.52. The molecule has 1 aromatic rings. The van der Waals surface area contributed by atoms with Crippen LogP contribution in [0.1, 0.15) is 123 Å². The van der Waals surface area contributed by atoms with Gasteiger partial charge in [-0.25, -0.2) is 4.98 Å². The van der Waals surface area contributed by atoms with Crippen LogP contribution in [-0.2, 0) is 0 Å². The molecule has 2 heteroatoms. The molecule has 0 saturated carbocycles. The number of unbranched alkanes of at least 4 members (excludes halogenated alkanes) is 7. The van der Waals surface area contributed by atoms with E-state index in [1.54, 1.807) is 0 Å². The van der Waals surface area contributed by atoms with Crippen LogP contribution in [0.4, 0.5) is 0 Å². The van der Waals surface area contributed by atoms with Crippen LogP contribution in [0.3, 0.4) is 0 Å². The van der Waals surface area contributed by atoms with Crippen LogP contribution in [0.25, 0.3) is 0 Å². The fraction of sp³-hybridized carbons (Fsp3) is 0.857. The molecule has 0 spiro atoms. The predicted molar refractivity (Wildman–Crippen MR) is 102 cm³/mol. The van der Waals surface area contributed by atoms with E-state index in [-0.39, 0.29) is 0 Å². The zero-order valence-corrected chi connectivity index (χ0v) is 16.2. The van der Waals surface area contributed by atoms with Gasteiger partial charge in [0, 0.05) is 24.4 Å². The number of aromatic nitrogens is 2. The molecule has 0 aromatic carbocycles. The van der Waals surface area contributed by atoms with E-state index < -0.39 is 0 Å². The molecule has 2 nitrogen and oxygen atoms in total. The van der Waals surface area contributed by atoms with E-state index >= 15 is 0 Å². The van der Waals surface area contributed by atoms with Gasteiger partial charge in [0.15, 0.2) is 0 Å². The molecule has 0 saturated heterocycles. The summed E-state index contributed by atoms with van der Waals surface area (Å²) >= 11 is 0. The normalized spacial score (nSPS) is 14.1. The Kier molecular flexibility index (Phi) is 11.1. The second-order valence-corrected chi connectivity index (χ2v) is 7.20. The highest BCUT2D eigenvalue weighted by molar-refractivity contribution is 5.02. The Bertz CT molecular complexity index is 383. The number of nitrogens with zero attached hydrogens (tertiary/aromatic N) is 2. The van der Waals surface area contributed by atoms with Gasteiger partial charge in [-0.2, -0.15) is 0 Å². The minimum absolute atomic E-state index is 0.596. The second kappa shape index (κ2) is 12.6. The van der Waals surface area contributed by atoms with Crippen molar-refractivity contribution in [1.29, 1.82) is 0 Å². The number of hydrogen-bond donors (Lipinski definition) is 0. The van der Waals surface area contributed by atoms with Crippen molar-refractivity contribution < 1.29 is 0 Å². The summed E-state index contributed by atoms with van der Waals surface area (Å²) in [5.41, 5.74) is 0. The van der Waals surface area contributed by atoms with E-state index in [0.717, 1.165) is 0 Å². The van der Waals surface area contributed by atoms with Crippen molar-refractivity contribution in [1.82, 2.24) is 9.55 Å². The topological polar surface area (TPSA) is 17.8 Å². The molecule has 0 amide bonds. The number of hydrogen-bond acceptors (Lipinski definition) is 1. The summed E-state index contributed by atoms with van der Waals surface area (Å²) < 4.78 is 2.46. The monoisotopic (exact) mass is 320 g/mol. The molecule has 0 aliphatic rings. The zero-order valence-electron chi connectivity index (χ0n) is 16.2. The van der Waals surface area contributed by atoms with Crippen LogP contribution in [0.15, 0.2) is 12.4 Å². The third kappa shape index (κ3) is 7.54. The van der Waals surface area contributed by atoms with E-state index in [2.05, 4.69) is 38.5 Å². The largest absolute Gasteiger partial charge is 0.332 e. The lowest BCUT2D eigenvalue weighted by atomic mass is 9.98. The van der Waals surface area contributed by atoms with Gasteiger partial charge in [0.05, 0.1) is 0 Å². The van der Waals surface area contributed by atoms with Crippen LogP contribution in [-0.4, -0.2) is 9.55 Å². The average Bonchev–Trinajstić information content (AvgIpc) is 3.04. The molecule has 1 aromatic heterocycles. The molecule has 0 bridgehead atoms. The van der Waals surface area contributed by atoms with Crippen molar-refractivity contribution in [3.05, 3.63) is 18.2 Å². The highest BCUT2D eigenvalue weighted by Gasteiger charge is 2.17. The minimum Gasteiger partial charge on any atom is -0.332 e. The Balaban J connectivity index is 2.38. The lowest BCUT2D eigenvalue weighted by Gasteiger charge is -2.21. The summed E-state index contributed by atoms with van der Waals surface area (Å²) in [7, 11) is 0. The van der Waals surface area contributed by atoms with Gasteiger partial charge in [0.1, 0.15) is 5.82 Å². The first-order chi connectivity index (χ1) is 11.2. The quantitative estimate of drug-likeness (QED) is 0.330. The Morgan fingerprint density at radius 3 is 2.17 bits per heavy atom. The predicted octanol–water partition coefficient (Wildman–Crippen LogP) is 7.27. The Hall–Kier alpha value is -0.790. The van der Waals surface area contributed by atoms with Gasteiger partial charge in [0.25, 0.3) is 0 Å². The Labute approximate surface area is 145 Å². The van der Waals surface area contributed by atoms with E-state index in [1.807, 2.05) is 6.20 Å². The molecule has 2 unspecified atom stereocenters. The van der Waals surface area contributed by atoms with Crippen molar-refractivity contribution in [3.8, 4) is 0 Å². The van der Waals surface area contributed by atoms with E-state index in [0.29, 0.717) is 12.0 Å². The average molecular weight is 321 g/mol. The zero-order chi connectivity index (χ0) is 16.9. The second-order valence-electron chi connectivity index (χ2n) is 7.20. The molecule has 0 fully saturated rings. The highest BCUT2D eigenvalue weighted by atomic mass is 15.1. The molecule has 1 heterocycles. The van der Waals surface area contributed by atoms with E-state index in [1.165, 1.54) is 82.9 Å². The van der Waals surface area contributed by atoms with Gasteiger partial charge in [-0.3, -0.25) is 0 Å². The third-order valence-corrected chi connectivity index (χ3v) is 5.16. The van der Waals surface area contributed by atoms with Crippen LogP contribution in [0.5, 0.6) is 0 Å². The van der Waals surface area contributed by atoms with E-state index in [9.17, 15) is 0 Å². The number of rotatable bonds is 14.